The van der Waals surface area contributed by atoms with Crippen LogP contribution in [0.3, 0.4) is 0 Å². The minimum atomic E-state index is -0.506. The monoisotopic (exact) mass is 245 g/mol. The Morgan fingerprint density at radius 3 is 2.56 bits per heavy atom. The van der Waals surface area contributed by atoms with Gasteiger partial charge in [-0.1, -0.05) is 12.8 Å². The van der Waals surface area contributed by atoms with Gasteiger partial charge in [-0.15, -0.1) is 0 Å². The summed E-state index contributed by atoms with van der Waals surface area (Å²) in [5, 5.41) is 3.26. The maximum absolute atomic E-state index is 11.4. The average Bonchev–Trinajstić information content (AvgIpc) is 2.75. The summed E-state index contributed by atoms with van der Waals surface area (Å²) in [5.41, 5.74) is 0. The lowest BCUT2D eigenvalue weighted by atomic mass is 10.3. The van der Waals surface area contributed by atoms with Gasteiger partial charge >= 0.3 is 5.97 Å². The summed E-state index contributed by atoms with van der Waals surface area (Å²) in [6.07, 6.45) is 5.00. The molecule has 0 aromatic rings. The van der Waals surface area contributed by atoms with Gasteiger partial charge < -0.3 is 10.1 Å². The van der Waals surface area contributed by atoms with E-state index in [1.165, 1.54) is 39.7 Å². The predicted octanol–water partition coefficient (Wildman–Crippen LogP) is 1.34. The summed E-state index contributed by atoms with van der Waals surface area (Å²) in [6.45, 7) is 1.41. The van der Waals surface area contributed by atoms with Gasteiger partial charge in [0.1, 0.15) is 6.04 Å². The smallest absolute Gasteiger partial charge is 0.329 e. The SMILES string of the molecule is COC(=O)C(CSC1CCCC1)NC(C)=O. The van der Waals surface area contributed by atoms with E-state index in [1.807, 2.05) is 0 Å². The number of ether oxygens (including phenoxy) is 1. The molecule has 0 radical (unpaired) electrons. The van der Waals surface area contributed by atoms with Gasteiger partial charge in [0, 0.05) is 17.9 Å². The van der Waals surface area contributed by atoms with Crippen molar-refractivity contribution < 1.29 is 14.3 Å². The lowest BCUT2D eigenvalue weighted by Gasteiger charge is -2.17. The van der Waals surface area contributed by atoms with Gasteiger partial charge in [0.25, 0.3) is 0 Å². The minimum Gasteiger partial charge on any atom is -0.467 e. The van der Waals surface area contributed by atoms with Crippen molar-refractivity contribution in [3.8, 4) is 0 Å². The van der Waals surface area contributed by atoms with Crippen LogP contribution in [0.2, 0.25) is 0 Å². The fourth-order valence-corrected chi connectivity index (χ4v) is 3.19. The molecule has 0 aromatic heterocycles. The van der Waals surface area contributed by atoms with Gasteiger partial charge in [-0.05, 0) is 12.8 Å². The summed E-state index contributed by atoms with van der Waals surface area (Å²) in [4.78, 5) is 22.3. The Bertz CT molecular complexity index is 252. The highest BCUT2D eigenvalue weighted by Gasteiger charge is 2.23. The quantitative estimate of drug-likeness (QED) is 0.743. The zero-order valence-corrected chi connectivity index (χ0v) is 10.6. The molecule has 4 nitrogen and oxygen atoms in total. The molecule has 5 heteroatoms. The van der Waals surface area contributed by atoms with Crippen molar-refractivity contribution in [3.05, 3.63) is 0 Å². The van der Waals surface area contributed by atoms with E-state index in [9.17, 15) is 9.59 Å². The second-order valence-corrected chi connectivity index (χ2v) is 5.35. The maximum atomic E-state index is 11.4. The molecule has 1 rings (SSSR count). The topological polar surface area (TPSA) is 55.4 Å². The number of carbonyl (C=O) groups is 2. The van der Waals surface area contributed by atoms with Crippen molar-refractivity contribution in [2.24, 2.45) is 0 Å². The molecule has 1 aliphatic carbocycles. The lowest BCUT2D eigenvalue weighted by molar-refractivity contribution is -0.144. The number of hydrogen-bond donors (Lipinski definition) is 1. The third-order valence-electron chi connectivity index (χ3n) is 2.66. The van der Waals surface area contributed by atoms with Crippen molar-refractivity contribution in [1.29, 1.82) is 0 Å². The number of rotatable bonds is 5. The molecule has 0 bridgehead atoms. The van der Waals surface area contributed by atoms with Crippen LogP contribution >= 0.6 is 11.8 Å². The van der Waals surface area contributed by atoms with Crippen LogP contribution in [0, 0.1) is 0 Å². The molecule has 1 unspecified atom stereocenters. The summed E-state index contributed by atoms with van der Waals surface area (Å²) in [6, 6.07) is -0.506. The number of hydrogen-bond acceptors (Lipinski definition) is 4. The molecule has 0 aromatic carbocycles. The summed E-state index contributed by atoms with van der Waals surface area (Å²) < 4.78 is 4.66. The molecule has 1 N–H and O–H groups in total. The van der Waals surface area contributed by atoms with E-state index >= 15 is 0 Å². The molecular weight excluding hydrogens is 226 g/mol. The number of amides is 1. The van der Waals surface area contributed by atoms with Crippen LogP contribution in [0.15, 0.2) is 0 Å². The third kappa shape index (κ3) is 4.43. The number of thioether (sulfide) groups is 1. The van der Waals surface area contributed by atoms with Crippen molar-refractivity contribution >= 4 is 23.6 Å². The van der Waals surface area contributed by atoms with Crippen LogP contribution in [0.5, 0.6) is 0 Å². The van der Waals surface area contributed by atoms with E-state index in [-0.39, 0.29) is 11.9 Å². The summed E-state index contributed by atoms with van der Waals surface area (Å²) >= 11 is 1.76. The molecule has 1 fully saturated rings. The minimum absolute atomic E-state index is 0.192. The maximum Gasteiger partial charge on any atom is 0.329 e. The molecule has 16 heavy (non-hydrogen) atoms. The molecule has 1 saturated carbocycles. The van der Waals surface area contributed by atoms with E-state index in [4.69, 9.17) is 0 Å². The zero-order chi connectivity index (χ0) is 12.0. The van der Waals surface area contributed by atoms with E-state index in [0.29, 0.717) is 11.0 Å². The Balaban J connectivity index is 2.36. The highest BCUT2D eigenvalue weighted by molar-refractivity contribution is 8.00. The summed E-state index contributed by atoms with van der Waals surface area (Å²) in [7, 11) is 1.34. The van der Waals surface area contributed by atoms with Gasteiger partial charge in [-0.2, -0.15) is 11.8 Å². The molecule has 0 aliphatic heterocycles. The Kier molecular flexibility index (Phi) is 5.66. The molecule has 0 saturated heterocycles. The molecule has 0 heterocycles. The number of esters is 1. The van der Waals surface area contributed by atoms with Crippen molar-refractivity contribution in [2.45, 2.75) is 43.9 Å². The molecule has 92 valence electrons. The van der Waals surface area contributed by atoms with Crippen molar-refractivity contribution in [1.82, 2.24) is 5.32 Å². The highest BCUT2D eigenvalue weighted by atomic mass is 32.2. The van der Waals surface area contributed by atoms with E-state index in [1.54, 1.807) is 11.8 Å². The molecular formula is C11H19NO3S. The number of methoxy groups -OCH3 is 1. The molecule has 0 spiro atoms. The molecule has 1 atom stereocenters. The van der Waals surface area contributed by atoms with Crippen LogP contribution < -0.4 is 5.32 Å². The van der Waals surface area contributed by atoms with Crippen LogP contribution in [0.4, 0.5) is 0 Å². The van der Waals surface area contributed by atoms with Crippen molar-refractivity contribution in [3.63, 3.8) is 0 Å². The Morgan fingerprint density at radius 2 is 2.06 bits per heavy atom. The normalized spacial score (nSPS) is 18.1. The fourth-order valence-electron chi connectivity index (χ4n) is 1.84. The number of nitrogens with one attached hydrogen (secondary N) is 1. The largest absolute Gasteiger partial charge is 0.467 e. The Hall–Kier alpha value is -0.710. The lowest BCUT2D eigenvalue weighted by Crippen LogP contribution is -2.42. The first-order valence-corrected chi connectivity index (χ1v) is 6.65. The van der Waals surface area contributed by atoms with Gasteiger partial charge in [-0.3, -0.25) is 4.79 Å². The zero-order valence-electron chi connectivity index (χ0n) is 9.82. The first-order chi connectivity index (χ1) is 7.63. The first kappa shape index (κ1) is 13.4. The van der Waals surface area contributed by atoms with Crippen LogP contribution in [-0.2, 0) is 14.3 Å². The van der Waals surface area contributed by atoms with Crippen molar-refractivity contribution in [2.75, 3.05) is 12.9 Å². The Morgan fingerprint density at radius 1 is 1.44 bits per heavy atom. The Labute approximate surface area is 100 Å². The highest BCUT2D eigenvalue weighted by Crippen LogP contribution is 2.29. The van der Waals surface area contributed by atoms with E-state index < -0.39 is 6.04 Å². The second-order valence-electron chi connectivity index (χ2n) is 4.02. The summed E-state index contributed by atoms with van der Waals surface area (Å²) in [5.74, 6) is 0.0554. The third-order valence-corrected chi connectivity index (χ3v) is 4.13. The van der Waals surface area contributed by atoms with Gasteiger partial charge in [0.05, 0.1) is 7.11 Å². The predicted molar refractivity (Wildman–Crippen MR) is 64.3 cm³/mol. The van der Waals surface area contributed by atoms with Gasteiger partial charge in [-0.25, -0.2) is 4.79 Å². The van der Waals surface area contributed by atoms with Crippen LogP contribution in [0.25, 0.3) is 0 Å². The van der Waals surface area contributed by atoms with E-state index in [2.05, 4.69) is 10.1 Å². The standard InChI is InChI=1S/C11H19NO3S/c1-8(13)12-10(11(14)15-2)7-16-9-5-3-4-6-9/h9-10H,3-7H2,1-2H3,(H,12,13). The molecule has 1 amide bonds. The number of carbonyl (C=O) groups excluding carboxylic acids is 2. The van der Waals surface area contributed by atoms with Gasteiger partial charge in [0.15, 0.2) is 0 Å². The fraction of sp³-hybridized carbons (Fsp3) is 0.818. The van der Waals surface area contributed by atoms with Crippen LogP contribution in [-0.4, -0.2) is 36.0 Å². The van der Waals surface area contributed by atoms with E-state index in [0.717, 1.165) is 0 Å². The van der Waals surface area contributed by atoms with Gasteiger partial charge in [0.2, 0.25) is 5.91 Å². The second kappa shape index (κ2) is 6.78. The molecule has 1 aliphatic rings. The average molecular weight is 245 g/mol. The van der Waals surface area contributed by atoms with Crippen LogP contribution in [0.1, 0.15) is 32.6 Å². The first-order valence-electron chi connectivity index (χ1n) is 5.60.